The van der Waals surface area contributed by atoms with Gasteiger partial charge in [-0.3, -0.25) is 4.79 Å². The Morgan fingerprint density at radius 1 is 0.714 bits per heavy atom. The average molecular weight is 473 g/mol. The van der Waals surface area contributed by atoms with E-state index >= 15 is 0 Å². The number of ketones is 1. The molecule has 1 atom stereocenters. The highest BCUT2D eigenvalue weighted by Crippen LogP contribution is 2.35. The zero-order chi connectivity index (χ0) is 25.9. The van der Waals surface area contributed by atoms with Crippen LogP contribution in [-0.2, 0) is 5.41 Å². The molecule has 0 aliphatic heterocycles. The van der Waals surface area contributed by atoms with E-state index in [1.54, 1.807) is 0 Å². The maximum atomic E-state index is 13.3. The van der Waals surface area contributed by atoms with Crippen LogP contribution in [0.5, 0.6) is 11.5 Å². The molecule has 0 aliphatic carbocycles. The van der Waals surface area contributed by atoms with E-state index in [4.69, 9.17) is 9.47 Å². The molecule has 3 heteroatoms. The number of carbonyl (C=O) groups is 1. The number of ether oxygens (including phenoxy) is 2. The number of hydrogen-bond acceptors (Lipinski definition) is 3. The maximum Gasteiger partial charge on any atom is 0.206 e. The molecule has 0 spiro atoms. The zero-order valence-corrected chi connectivity index (χ0v) is 22.6. The van der Waals surface area contributed by atoms with Crippen molar-refractivity contribution in [2.45, 2.75) is 84.8 Å². The summed E-state index contributed by atoms with van der Waals surface area (Å²) in [6, 6.07) is 24.2. The van der Waals surface area contributed by atoms with Gasteiger partial charge in [0.15, 0.2) is 5.60 Å². The second-order valence-corrected chi connectivity index (χ2v) is 10.8. The Kier molecular flexibility index (Phi) is 7.79. The Bertz CT molecular complexity index is 1140. The summed E-state index contributed by atoms with van der Waals surface area (Å²) in [5.74, 6) is 1.58. The molecular weight excluding hydrogens is 432 g/mol. The van der Waals surface area contributed by atoms with Crippen molar-refractivity contribution in [3.63, 3.8) is 0 Å². The average Bonchev–Trinajstić information content (AvgIpc) is 2.84. The number of rotatable bonds is 10. The molecule has 0 N–H and O–H groups in total. The summed E-state index contributed by atoms with van der Waals surface area (Å²) in [5.41, 5.74) is 2.84. The molecule has 0 saturated heterocycles. The lowest BCUT2D eigenvalue weighted by Crippen LogP contribution is -2.41. The topological polar surface area (TPSA) is 35.5 Å². The summed E-state index contributed by atoms with van der Waals surface area (Å²) in [5, 5.41) is 0. The number of aryl methyl sites for hydroxylation is 1. The van der Waals surface area contributed by atoms with E-state index in [0.29, 0.717) is 17.7 Å². The molecule has 0 saturated carbocycles. The first kappa shape index (κ1) is 26.5. The highest BCUT2D eigenvalue weighted by atomic mass is 16.5. The van der Waals surface area contributed by atoms with Gasteiger partial charge in [0.1, 0.15) is 17.1 Å². The predicted octanol–water partition coefficient (Wildman–Crippen LogP) is 8.32. The van der Waals surface area contributed by atoms with E-state index in [2.05, 4.69) is 71.0 Å². The minimum Gasteiger partial charge on any atom is -0.488 e. The van der Waals surface area contributed by atoms with E-state index in [9.17, 15) is 4.79 Å². The lowest BCUT2D eigenvalue weighted by atomic mass is 9.78. The van der Waals surface area contributed by atoms with Crippen molar-refractivity contribution in [1.82, 2.24) is 0 Å². The first-order valence-corrected chi connectivity index (χ1v) is 12.6. The standard InChI is InChI=1S/C32H40O3/c1-9-30(4,5)34-27-18-14-25(15-19-27)31(6,7)26-16-20-28(21-17-26)35-32(8,10-2)29(33)24-13-11-12-23(3)22-24/h11-22H,9-10H2,1-8H3. The van der Waals surface area contributed by atoms with Crippen LogP contribution in [-0.4, -0.2) is 17.0 Å². The molecule has 0 amide bonds. The van der Waals surface area contributed by atoms with Crippen LogP contribution in [0.2, 0.25) is 0 Å². The number of carbonyl (C=O) groups excluding carboxylic acids is 1. The monoisotopic (exact) mass is 472 g/mol. The molecule has 0 aromatic heterocycles. The van der Waals surface area contributed by atoms with Crippen LogP contribution in [0.25, 0.3) is 0 Å². The summed E-state index contributed by atoms with van der Waals surface area (Å²) >= 11 is 0. The van der Waals surface area contributed by atoms with Crippen molar-refractivity contribution in [2.75, 3.05) is 0 Å². The minimum atomic E-state index is -0.924. The van der Waals surface area contributed by atoms with Crippen molar-refractivity contribution >= 4 is 5.78 Å². The van der Waals surface area contributed by atoms with Crippen molar-refractivity contribution in [2.24, 2.45) is 0 Å². The van der Waals surface area contributed by atoms with Gasteiger partial charge >= 0.3 is 0 Å². The molecule has 3 rings (SSSR count). The maximum absolute atomic E-state index is 13.3. The third-order valence-corrected chi connectivity index (χ3v) is 7.18. The molecule has 0 aliphatic rings. The molecule has 1 unspecified atom stereocenters. The van der Waals surface area contributed by atoms with Crippen molar-refractivity contribution in [1.29, 1.82) is 0 Å². The highest BCUT2D eigenvalue weighted by molar-refractivity contribution is 6.02. The lowest BCUT2D eigenvalue weighted by Gasteiger charge is -2.30. The van der Waals surface area contributed by atoms with Crippen LogP contribution in [0.4, 0.5) is 0 Å². The SMILES string of the molecule is CCC(C)(C)Oc1ccc(C(C)(C)c2ccc(OC(C)(CC)C(=O)c3cccc(C)c3)cc2)cc1. The second kappa shape index (κ2) is 10.3. The van der Waals surface area contributed by atoms with Gasteiger partial charge in [0, 0.05) is 11.0 Å². The minimum absolute atomic E-state index is 0.00154. The molecular formula is C32H40O3. The largest absolute Gasteiger partial charge is 0.488 e. The van der Waals surface area contributed by atoms with Crippen molar-refractivity contribution in [3.05, 3.63) is 95.1 Å². The van der Waals surface area contributed by atoms with Gasteiger partial charge < -0.3 is 9.47 Å². The van der Waals surface area contributed by atoms with Gasteiger partial charge in [-0.2, -0.15) is 0 Å². The van der Waals surface area contributed by atoms with Crippen LogP contribution in [0, 0.1) is 6.92 Å². The molecule has 186 valence electrons. The van der Waals surface area contributed by atoms with Gasteiger partial charge in [0.25, 0.3) is 0 Å². The summed E-state index contributed by atoms with van der Waals surface area (Å²) in [7, 11) is 0. The smallest absolute Gasteiger partial charge is 0.206 e. The summed E-state index contributed by atoms with van der Waals surface area (Å²) in [4.78, 5) is 13.3. The van der Waals surface area contributed by atoms with E-state index in [-0.39, 0.29) is 16.8 Å². The Morgan fingerprint density at radius 2 is 1.23 bits per heavy atom. The van der Waals surface area contributed by atoms with Gasteiger partial charge in [0.2, 0.25) is 5.78 Å². The third-order valence-electron chi connectivity index (χ3n) is 7.18. The summed E-state index contributed by atoms with van der Waals surface area (Å²) < 4.78 is 12.4. The fourth-order valence-corrected chi connectivity index (χ4v) is 4.07. The van der Waals surface area contributed by atoms with Gasteiger partial charge in [-0.1, -0.05) is 75.7 Å². The van der Waals surface area contributed by atoms with Crippen molar-refractivity contribution < 1.29 is 14.3 Å². The predicted molar refractivity (Wildman–Crippen MR) is 145 cm³/mol. The van der Waals surface area contributed by atoms with Crippen molar-refractivity contribution in [3.8, 4) is 11.5 Å². The molecule has 0 fully saturated rings. The van der Waals surface area contributed by atoms with Crippen LogP contribution in [0.1, 0.15) is 88.4 Å². The Morgan fingerprint density at radius 3 is 1.69 bits per heavy atom. The first-order valence-electron chi connectivity index (χ1n) is 12.6. The first-order chi connectivity index (χ1) is 16.4. The van der Waals surface area contributed by atoms with Gasteiger partial charge in [-0.25, -0.2) is 0 Å². The molecule has 0 bridgehead atoms. The van der Waals surface area contributed by atoms with E-state index < -0.39 is 5.60 Å². The normalized spacial score (nSPS) is 13.7. The molecule has 0 radical (unpaired) electrons. The Hall–Kier alpha value is -3.07. The van der Waals surface area contributed by atoms with E-state index in [1.807, 2.05) is 57.2 Å². The Balaban J connectivity index is 1.77. The van der Waals surface area contributed by atoms with Gasteiger partial charge in [-0.05, 0) is 82.0 Å². The van der Waals surface area contributed by atoms with Crippen LogP contribution in [0.15, 0.2) is 72.8 Å². The molecule has 3 nitrogen and oxygen atoms in total. The molecule has 3 aromatic rings. The summed E-state index contributed by atoms with van der Waals surface area (Å²) in [6.07, 6.45) is 1.53. The van der Waals surface area contributed by atoms with Gasteiger partial charge in [0.05, 0.1) is 0 Å². The third kappa shape index (κ3) is 6.14. The summed E-state index contributed by atoms with van der Waals surface area (Å²) in [6.45, 7) is 16.6. The highest BCUT2D eigenvalue weighted by Gasteiger charge is 2.35. The molecule has 35 heavy (non-hydrogen) atoms. The fraction of sp³-hybridized carbons (Fsp3) is 0.406. The van der Waals surface area contributed by atoms with Crippen LogP contribution >= 0.6 is 0 Å². The number of benzene rings is 3. The van der Waals surface area contributed by atoms with E-state index in [0.717, 1.165) is 17.7 Å². The van der Waals surface area contributed by atoms with Crippen LogP contribution < -0.4 is 9.47 Å². The van der Waals surface area contributed by atoms with Crippen LogP contribution in [0.3, 0.4) is 0 Å². The van der Waals surface area contributed by atoms with E-state index in [1.165, 1.54) is 11.1 Å². The second-order valence-electron chi connectivity index (χ2n) is 10.8. The molecule has 0 heterocycles. The Labute approximate surface area is 211 Å². The molecule has 3 aromatic carbocycles. The fourth-order valence-electron chi connectivity index (χ4n) is 4.07. The number of Topliss-reactive ketones (excluding diaryl/α,β-unsaturated/α-hetero) is 1. The van der Waals surface area contributed by atoms with Gasteiger partial charge in [-0.15, -0.1) is 0 Å². The quantitative estimate of drug-likeness (QED) is 0.278. The number of hydrogen-bond donors (Lipinski definition) is 0. The zero-order valence-electron chi connectivity index (χ0n) is 22.6. The lowest BCUT2D eigenvalue weighted by molar-refractivity contribution is 0.0505.